The molecular weight excluding hydrogens is 618 g/mol. The van der Waals surface area contributed by atoms with Crippen molar-refractivity contribution >= 4 is 41.3 Å². The lowest BCUT2D eigenvalue weighted by Crippen LogP contribution is -2.58. The van der Waals surface area contributed by atoms with Crippen LogP contribution in [-0.2, 0) is 33.5 Å². The fourth-order valence-electron chi connectivity index (χ4n) is 5.91. The van der Waals surface area contributed by atoms with E-state index in [1.807, 2.05) is 26.0 Å². The van der Waals surface area contributed by atoms with Crippen LogP contribution in [0.4, 0.5) is 4.79 Å². The van der Waals surface area contributed by atoms with Gasteiger partial charge in [-0.25, -0.2) is 4.79 Å². The largest absolute Gasteiger partial charge is 0.449 e. The Hall–Kier alpha value is -4.55. The van der Waals surface area contributed by atoms with Crippen LogP contribution in [0, 0.1) is 11.8 Å². The highest BCUT2D eigenvalue weighted by Crippen LogP contribution is 2.28. The molecule has 1 unspecified atom stereocenters. The number of amides is 5. The molecule has 0 aromatic heterocycles. The molecule has 5 amide bonds. The van der Waals surface area contributed by atoms with E-state index in [1.165, 1.54) is 11.8 Å². The monoisotopic (exact) mass is 667 g/mol. The Balaban J connectivity index is 1.64. The zero-order valence-corrected chi connectivity index (χ0v) is 28.3. The third kappa shape index (κ3) is 11.0. The molecule has 1 aliphatic heterocycles. The van der Waals surface area contributed by atoms with Gasteiger partial charge in [-0.3, -0.25) is 28.8 Å². The number of hydrogen-bond donors (Lipinski definition) is 4. The summed E-state index contributed by atoms with van der Waals surface area (Å²) in [5.74, 6) is -4.12. The van der Waals surface area contributed by atoms with Crippen molar-refractivity contribution in [2.24, 2.45) is 11.8 Å². The molecule has 1 fully saturated rings. The third-order valence-corrected chi connectivity index (χ3v) is 8.38. The summed E-state index contributed by atoms with van der Waals surface area (Å²) in [4.78, 5) is 92.0. The number of rotatable bonds is 15. The summed E-state index contributed by atoms with van der Waals surface area (Å²) in [5, 5.41) is 10.2. The number of carbonyl (C=O) groups is 7. The van der Waals surface area contributed by atoms with Gasteiger partial charge in [0, 0.05) is 13.5 Å². The molecule has 48 heavy (non-hydrogen) atoms. The molecule has 13 heteroatoms. The second-order valence-corrected chi connectivity index (χ2v) is 12.8. The van der Waals surface area contributed by atoms with Crippen LogP contribution in [0.15, 0.2) is 47.7 Å². The van der Waals surface area contributed by atoms with Crippen molar-refractivity contribution in [2.45, 2.75) is 97.2 Å². The number of alkyl carbamates (subject to hydrolysis) is 1. The summed E-state index contributed by atoms with van der Waals surface area (Å²) < 4.78 is 5.29. The van der Waals surface area contributed by atoms with Gasteiger partial charge in [-0.15, -0.1) is 0 Å². The van der Waals surface area contributed by atoms with Gasteiger partial charge >= 0.3 is 6.09 Å². The number of ketones is 2. The maximum absolute atomic E-state index is 13.9. The van der Waals surface area contributed by atoms with Crippen molar-refractivity contribution < 1.29 is 38.3 Å². The molecule has 262 valence electrons. The fraction of sp³-hybridized carbons (Fsp3) is 0.571. The highest BCUT2D eigenvalue weighted by molar-refractivity contribution is 6.38. The van der Waals surface area contributed by atoms with Crippen LogP contribution in [0.25, 0.3) is 0 Å². The Morgan fingerprint density at radius 3 is 2.33 bits per heavy atom. The maximum Gasteiger partial charge on any atom is 0.407 e. The van der Waals surface area contributed by atoms with Crippen LogP contribution in [-0.4, -0.2) is 84.0 Å². The van der Waals surface area contributed by atoms with E-state index in [9.17, 15) is 33.6 Å². The zero-order chi connectivity index (χ0) is 35.2. The van der Waals surface area contributed by atoms with E-state index in [1.54, 1.807) is 31.2 Å². The lowest BCUT2D eigenvalue weighted by Gasteiger charge is -2.34. The quantitative estimate of drug-likeness (QED) is 0.117. The summed E-state index contributed by atoms with van der Waals surface area (Å²) in [6, 6.07) is -3.14. The van der Waals surface area contributed by atoms with Gasteiger partial charge in [-0.1, -0.05) is 82.9 Å². The minimum absolute atomic E-state index is 0.106. The van der Waals surface area contributed by atoms with Crippen molar-refractivity contribution in [3.8, 4) is 0 Å². The highest BCUT2D eigenvalue weighted by atomic mass is 16.5. The predicted octanol–water partition coefficient (Wildman–Crippen LogP) is 2.53. The standard InChI is InChI=1S/C35H49N5O8/c1-5-13-26(31(43)33(45)36-20-28(42)38-29(23(4)41)24-14-8-6-9-15-24)37-32(44)27-18-12-19-40(27)34(46)30(25-16-10-7-11-17-25)39-35(47)48-21-22(2)3/h6,8-9,12,14,18,22,25-27,30H,5,7,10-11,13,15-17,19-21H2,1-4H3,(H,36,45)(H,37,44)(H,38,42)(H,39,47)/t26?,27-,30-/m0/s1. The van der Waals surface area contributed by atoms with Gasteiger partial charge in [0.05, 0.1) is 24.9 Å². The van der Waals surface area contributed by atoms with Crippen molar-refractivity contribution in [1.82, 2.24) is 26.2 Å². The number of nitrogens with zero attached hydrogens (tertiary/aromatic N) is 1. The molecule has 3 atom stereocenters. The van der Waals surface area contributed by atoms with E-state index in [-0.39, 0.29) is 42.9 Å². The molecule has 4 N–H and O–H groups in total. The van der Waals surface area contributed by atoms with Crippen LogP contribution in [0.2, 0.25) is 0 Å². The minimum atomic E-state index is -1.20. The molecule has 13 nitrogen and oxygen atoms in total. The number of allylic oxidation sites excluding steroid dienone is 6. The maximum atomic E-state index is 13.9. The third-order valence-electron chi connectivity index (χ3n) is 8.38. The summed E-state index contributed by atoms with van der Waals surface area (Å²) in [5.41, 5.74) is 0.723. The first-order valence-corrected chi connectivity index (χ1v) is 16.8. The summed E-state index contributed by atoms with van der Waals surface area (Å²) in [7, 11) is 0. The second-order valence-electron chi connectivity index (χ2n) is 12.8. The van der Waals surface area contributed by atoms with Gasteiger partial charge in [0.25, 0.3) is 5.91 Å². The van der Waals surface area contributed by atoms with E-state index >= 15 is 0 Å². The van der Waals surface area contributed by atoms with Crippen LogP contribution in [0.5, 0.6) is 0 Å². The molecule has 0 aromatic carbocycles. The number of carbonyl (C=O) groups excluding carboxylic acids is 7. The average Bonchev–Trinajstić information content (AvgIpc) is 3.58. The van der Waals surface area contributed by atoms with Gasteiger partial charge in [-0.2, -0.15) is 0 Å². The summed E-state index contributed by atoms with van der Waals surface area (Å²) >= 11 is 0. The minimum Gasteiger partial charge on any atom is -0.449 e. The molecule has 1 saturated carbocycles. The normalized spacial score (nSPS) is 19.7. The summed E-state index contributed by atoms with van der Waals surface area (Å²) in [6.45, 7) is 6.69. The first-order valence-electron chi connectivity index (χ1n) is 16.8. The van der Waals surface area contributed by atoms with Crippen molar-refractivity contribution in [1.29, 1.82) is 0 Å². The first kappa shape index (κ1) is 37.9. The SMILES string of the molecule is CCCC(NC(=O)[C@@H]1C=CCN1C(=O)[C@@H](NC(=O)OCC(C)C)C1CCCCC1)C(=O)C(=O)NCC(=O)NC(C(C)=O)=C1C=CC=CC1. The van der Waals surface area contributed by atoms with Crippen molar-refractivity contribution in [3.63, 3.8) is 0 Å². The molecule has 0 aromatic rings. The Morgan fingerprint density at radius 2 is 1.71 bits per heavy atom. The first-order chi connectivity index (χ1) is 22.9. The average molecular weight is 668 g/mol. The molecule has 0 spiro atoms. The highest BCUT2D eigenvalue weighted by Gasteiger charge is 2.40. The van der Waals surface area contributed by atoms with E-state index < -0.39 is 60.2 Å². The topological polar surface area (TPSA) is 180 Å². The van der Waals surface area contributed by atoms with Gasteiger partial charge in [0.1, 0.15) is 12.1 Å². The molecule has 1 heterocycles. The van der Waals surface area contributed by atoms with E-state index in [0.29, 0.717) is 18.4 Å². The lowest BCUT2D eigenvalue weighted by atomic mass is 9.83. The predicted molar refractivity (Wildman–Crippen MR) is 178 cm³/mol. The van der Waals surface area contributed by atoms with Crippen LogP contribution < -0.4 is 21.3 Å². The van der Waals surface area contributed by atoms with E-state index in [2.05, 4.69) is 21.3 Å². The Morgan fingerprint density at radius 1 is 0.979 bits per heavy atom. The summed E-state index contributed by atoms with van der Waals surface area (Å²) in [6.07, 6.45) is 15.1. The number of hydrogen-bond acceptors (Lipinski definition) is 8. The molecule has 3 aliphatic rings. The molecular formula is C35H49N5O8. The Kier molecular flexibility index (Phi) is 14.8. The van der Waals surface area contributed by atoms with Gasteiger partial charge in [0.2, 0.25) is 23.5 Å². The molecule has 3 rings (SSSR count). The van der Waals surface area contributed by atoms with Crippen molar-refractivity contribution in [3.05, 3.63) is 47.7 Å². The fourth-order valence-corrected chi connectivity index (χ4v) is 5.91. The molecule has 0 bridgehead atoms. The van der Waals surface area contributed by atoms with Gasteiger partial charge < -0.3 is 30.9 Å². The van der Waals surface area contributed by atoms with E-state index in [4.69, 9.17) is 4.74 Å². The lowest BCUT2D eigenvalue weighted by molar-refractivity contribution is -0.143. The van der Waals surface area contributed by atoms with Gasteiger partial charge in [0.15, 0.2) is 5.78 Å². The number of Topliss-reactive ketones (excluding diaryl/α,β-unsaturated/α-hetero) is 2. The Bertz CT molecular complexity index is 1360. The van der Waals surface area contributed by atoms with Crippen molar-refractivity contribution in [2.75, 3.05) is 19.7 Å². The molecule has 0 saturated heterocycles. The molecule has 0 radical (unpaired) electrons. The van der Waals surface area contributed by atoms with Crippen LogP contribution >= 0.6 is 0 Å². The van der Waals surface area contributed by atoms with Gasteiger partial charge in [-0.05, 0) is 43.1 Å². The Labute approximate surface area is 282 Å². The smallest absolute Gasteiger partial charge is 0.407 e. The zero-order valence-electron chi connectivity index (χ0n) is 28.3. The second kappa shape index (κ2) is 18.7. The molecule has 2 aliphatic carbocycles. The number of ether oxygens (including phenoxy) is 1. The van der Waals surface area contributed by atoms with Crippen LogP contribution in [0.3, 0.4) is 0 Å². The number of nitrogens with one attached hydrogen (secondary N) is 4. The van der Waals surface area contributed by atoms with Crippen LogP contribution in [0.1, 0.15) is 79.1 Å². The van der Waals surface area contributed by atoms with E-state index in [0.717, 1.165) is 32.1 Å².